The topological polar surface area (TPSA) is 317 Å². The first kappa shape index (κ1) is 107. The van der Waals surface area contributed by atoms with Gasteiger partial charge in [-0.05, 0) is 166 Å². The van der Waals surface area contributed by atoms with Gasteiger partial charge < -0.3 is 24.3 Å². The van der Waals surface area contributed by atoms with E-state index in [4.69, 9.17) is 61.1 Å². The van der Waals surface area contributed by atoms with Crippen LogP contribution < -0.4 is 28.1 Å². The summed E-state index contributed by atoms with van der Waals surface area (Å²) in [5.41, 5.74) is 14.5. The number of aliphatic hydroxyl groups is 1. The third-order valence-electron chi connectivity index (χ3n) is 20.8. The number of fused-ring (bicyclic) bond motifs is 6. The Balaban J connectivity index is 0.000000190. The number of aliphatic hydroxyl groups excluding tert-OH is 1. The van der Waals surface area contributed by atoms with Crippen molar-refractivity contribution in [2.24, 2.45) is 49.9 Å². The van der Waals surface area contributed by atoms with E-state index in [2.05, 4.69) is 142 Å². The molecule has 0 atom stereocenters. The van der Waals surface area contributed by atoms with Gasteiger partial charge in [0.2, 0.25) is 20.7 Å². The lowest BCUT2D eigenvalue weighted by Crippen LogP contribution is -2.34. The molecule has 0 aliphatic carbocycles. The number of nitrogens with one attached hydrogen (secondary N) is 1. The van der Waals surface area contributed by atoms with Crippen molar-refractivity contribution < 1.29 is 49.4 Å². The van der Waals surface area contributed by atoms with Gasteiger partial charge in [-0.3, -0.25) is 41.4 Å². The fourth-order valence-corrected chi connectivity index (χ4v) is 16.1. The number of benzene rings is 4. The van der Waals surface area contributed by atoms with E-state index in [9.17, 15) is 63.8 Å². The first-order valence-corrected chi connectivity index (χ1v) is 46.1. The molecule has 2 aliphatic heterocycles. The molecule has 0 bridgehead atoms. The lowest BCUT2D eigenvalue weighted by Gasteiger charge is -2.28. The molecular weight excluding hydrogens is 1860 g/mol. The molecule has 12 heterocycles. The summed E-state index contributed by atoms with van der Waals surface area (Å²) in [4.78, 5) is 83.5. The van der Waals surface area contributed by atoms with Crippen molar-refractivity contribution in [3.63, 3.8) is 0 Å². The van der Waals surface area contributed by atoms with Gasteiger partial charge in [0.25, 0.3) is 0 Å². The fraction of sp³-hybridized carbons (Fsp3) is 0.430. The van der Waals surface area contributed by atoms with Crippen molar-refractivity contribution in [2.75, 3.05) is 26.5 Å². The van der Waals surface area contributed by atoms with Gasteiger partial charge in [0, 0.05) is 140 Å². The van der Waals surface area contributed by atoms with Crippen LogP contribution in [0.15, 0.2) is 141 Å². The van der Waals surface area contributed by atoms with Gasteiger partial charge in [-0.2, -0.15) is 26.3 Å². The number of alkyl halides is 6. The summed E-state index contributed by atoms with van der Waals surface area (Å²) >= 11 is 25.0. The highest BCUT2D eigenvalue weighted by atomic mass is 35.7. The van der Waals surface area contributed by atoms with Gasteiger partial charge >= 0.3 is 41.1 Å². The zero-order valence-electron chi connectivity index (χ0n) is 76.5. The molecule has 10 aromatic heterocycles. The number of hydrogen-bond acceptors (Lipinski definition) is 19. The quantitative estimate of drug-likeness (QED) is 0.0615. The lowest BCUT2D eigenvalue weighted by molar-refractivity contribution is -0.148. The number of rotatable bonds is 13. The lowest BCUT2D eigenvalue weighted by atomic mass is 9.97. The second-order valence-electron chi connectivity index (χ2n) is 37.1. The number of aromatic nitrogens is 18. The van der Waals surface area contributed by atoms with Crippen molar-refractivity contribution in [3.05, 3.63) is 229 Å². The molecule has 14 aromatic rings. The van der Waals surface area contributed by atoms with E-state index in [0.29, 0.717) is 129 Å². The molecule has 41 heteroatoms. The molecule has 4 aromatic carbocycles. The van der Waals surface area contributed by atoms with Crippen LogP contribution in [0.3, 0.4) is 0 Å². The Bertz CT molecular complexity index is 6860. The smallest absolute Gasteiger partial charge is 0.451 e. The van der Waals surface area contributed by atoms with Crippen LogP contribution >= 0.6 is 57.1 Å². The van der Waals surface area contributed by atoms with Crippen molar-refractivity contribution in [3.8, 4) is 45.0 Å². The minimum Gasteiger partial charge on any atom is -0.465 e. The summed E-state index contributed by atoms with van der Waals surface area (Å²) in [6, 6.07) is 37.2. The van der Waals surface area contributed by atoms with E-state index in [0.717, 1.165) is 77.4 Å². The molecule has 0 fully saturated rings. The number of imidazole rings is 4. The summed E-state index contributed by atoms with van der Waals surface area (Å²) in [6.45, 7) is 32.1. The molecule has 0 saturated carbocycles. The third kappa shape index (κ3) is 26.5. The number of ether oxygens (including phenoxy) is 1. The monoisotopic (exact) mass is 1970 g/mol. The molecule has 0 amide bonds. The van der Waals surface area contributed by atoms with Crippen LogP contribution in [0.4, 0.5) is 26.3 Å². The maximum atomic E-state index is 13.1. The highest BCUT2D eigenvalue weighted by Crippen LogP contribution is 2.36. The van der Waals surface area contributed by atoms with Crippen LogP contribution in [-0.4, -0.2) is 137 Å². The maximum Gasteiger partial charge on any atom is 0.451 e. The number of methoxy groups -OCH3 is 1. The van der Waals surface area contributed by atoms with Crippen molar-refractivity contribution in [1.82, 2.24) is 96.2 Å². The molecule has 2 N–H and O–H groups in total. The van der Waals surface area contributed by atoms with E-state index in [1.807, 2.05) is 94.4 Å². The standard InChI is InChI=1S/C25H27ClF3N7O.C20H22ClN3O3.C20H24ClN3O.C19H22ClN3O2.C6H7F3N4.CH3ClO2S.2CH4/c1-24(2,3)14-36-19-6-5-18(30-21(19)33(4)23(36)37)16-9-15(10-17(26)11-16)12-34-7-8-35-20(13-34)31-32-22(35)25(27,28)29;1-20(2,3)11-24-16-7-6-15(22-17(16)23(4)19(24)26)12-8-13(18(25)27-5)10-14(21)9-12;1-6-13-9-14(11-15(21)10-13)16-7-8-17-18(22-16)23(5)19(25)24(17)12-20(2,3)4;1-19(2,3)11-23-16-6-5-15(21-17(16)22(4)18(23)25)13-7-12(10-24)8-14(20)9-13;7-6(8,9)5-12-11-4-3-10-1-2-13(4)5;1-5(2,3)4;;/h5-6,9-11H,7-8,12-14H2,1-4H3;6-10H,11H2,1-5H3;7-11H,6,12H2,1-5H3;5-9,24H,10-11H2,1-4H3;10H,1-3H2;1H3;2*1H4. The molecule has 0 unspecified atom stereocenters. The Hall–Kier alpha value is -10.8. The normalized spacial score (nSPS) is 13.1. The predicted octanol–water partition coefficient (Wildman–Crippen LogP) is 18.7. The number of nitrogens with zero attached hydrogens (tertiary/aromatic N) is 19. The van der Waals surface area contributed by atoms with Crippen LogP contribution in [0.5, 0.6) is 0 Å². The Morgan fingerprint density at radius 1 is 0.455 bits per heavy atom. The van der Waals surface area contributed by atoms with E-state index < -0.39 is 39.0 Å². The van der Waals surface area contributed by atoms with Crippen LogP contribution in [-0.2, 0) is 126 Å². The molecule has 0 spiro atoms. The number of halogens is 11. The Labute approximate surface area is 796 Å². The van der Waals surface area contributed by atoms with E-state index in [1.165, 1.54) is 17.2 Å². The minimum atomic E-state index is -4.53. The Morgan fingerprint density at radius 2 is 0.769 bits per heavy atom. The van der Waals surface area contributed by atoms with Gasteiger partial charge in [0.15, 0.2) is 22.6 Å². The van der Waals surface area contributed by atoms with Gasteiger partial charge in [-0.15, -0.1) is 20.4 Å². The maximum absolute atomic E-state index is 13.1. The number of aryl methyl sites for hydroxylation is 5. The van der Waals surface area contributed by atoms with Crippen LogP contribution in [0.25, 0.3) is 89.7 Å². The molecule has 0 saturated heterocycles. The zero-order chi connectivity index (χ0) is 97.3. The van der Waals surface area contributed by atoms with Gasteiger partial charge in [-0.25, -0.2) is 52.3 Å². The summed E-state index contributed by atoms with van der Waals surface area (Å²) in [7, 11) is 9.55. The number of carbonyl (C=O) groups is 1. The number of pyridine rings is 4. The van der Waals surface area contributed by atoms with E-state index in [1.54, 1.807) is 85.9 Å². The first-order valence-electron chi connectivity index (χ1n) is 41.8. The second kappa shape index (κ2) is 42.2. The number of carbonyl (C=O) groups excluding carboxylic acids is 1. The number of esters is 1. The third-order valence-corrected chi connectivity index (χ3v) is 21.7. The first-order chi connectivity index (χ1) is 61.4. The van der Waals surface area contributed by atoms with Gasteiger partial charge in [-0.1, -0.05) is 151 Å². The zero-order valence-corrected chi connectivity index (χ0v) is 81.1. The SMILES string of the molecule is C.C.CCc1cc(Cl)cc(-c2ccc3c(n2)n(C)c(=O)n3CC(C)(C)C)c1.COC(=O)c1cc(Cl)cc(-c2ccc3c(n2)n(C)c(=O)n3CC(C)(C)C)c1.CS(=O)(=O)Cl.Cn1c(=O)n(CC(C)(C)C)c2ccc(-c3cc(Cl)cc(CN4CCn5c(nnc5C(F)(F)F)C4)c3)nc21.Cn1c(=O)n(CC(C)(C)C)c2ccc(-c3cc(Cl)cc(CO)c3)nc21.FC(F)(F)c1nnc2n1CCNC2. The van der Waals surface area contributed by atoms with Crippen molar-refractivity contribution in [1.29, 1.82) is 0 Å². The molecule has 722 valence electrons. The van der Waals surface area contributed by atoms with E-state index >= 15 is 0 Å². The van der Waals surface area contributed by atoms with Crippen LogP contribution in [0.1, 0.15) is 155 Å². The minimum absolute atomic E-state index is 0. The van der Waals surface area contributed by atoms with Crippen LogP contribution in [0, 0.1) is 21.7 Å². The average Bonchev–Trinajstić information content (AvgIpc) is 1.61. The fourth-order valence-electron chi connectivity index (χ4n) is 15.1. The summed E-state index contributed by atoms with van der Waals surface area (Å²) in [6.07, 6.45) is -7.09. The average molecular weight is 1980 g/mol. The highest BCUT2D eigenvalue weighted by Gasteiger charge is 2.41. The molecule has 16 rings (SSSR count). The number of hydrogen-bond donors (Lipinski definition) is 2. The Morgan fingerprint density at radius 3 is 1.10 bits per heavy atom. The van der Waals surface area contributed by atoms with Crippen LogP contribution in [0.2, 0.25) is 20.1 Å². The Kier molecular flexibility index (Phi) is 33.6. The van der Waals surface area contributed by atoms with Crippen molar-refractivity contribution in [2.45, 2.75) is 189 Å². The van der Waals surface area contributed by atoms with Crippen molar-refractivity contribution >= 4 is 117 Å². The summed E-state index contributed by atoms with van der Waals surface area (Å²) in [5, 5.41) is 28.1. The molecule has 29 nitrogen and oxygen atoms in total. The van der Waals surface area contributed by atoms with E-state index in [-0.39, 0.29) is 91.3 Å². The van der Waals surface area contributed by atoms with Gasteiger partial charge in [0.1, 0.15) is 11.6 Å². The van der Waals surface area contributed by atoms with Gasteiger partial charge in [0.05, 0.1) is 83.5 Å². The highest BCUT2D eigenvalue weighted by molar-refractivity contribution is 8.13. The summed E-state index contributed by atoms with van der Waals surface area (Å²) in [5.74, 6) is -1.70. The largest absolute Gasteiger partial charge is 0.465 e. The molecule has 134 heavy (non-hydrogen) atoms. The predicted molar refractivity (Wildman–Crippen MR) is 516 cm³/mol. The molecular formula is C93H113Cl5F6N20O9S. The molecule has 0 radical (unpaired) electrons. The second-order valence-corrected chi connectivity index (χ2v) is 41.9. The molecule has 2 aliphatic rings. The summed E-state index contributed by atoms with van der Waals surface area (Å²) < 4.78 is 115.